The molecule has 1 aromatic heterocycles. The molecule has 3 heteroatoms. The second-order valence-corrected chi connectivity index (χ2v) is 4.06. The molecule has 0 amide bonds. The molecule has 0 aliphatic carbocycles. The van der Waals surface area contributed by atoms with E-state index in [2.05, 4.69) is 4.98 Å². The SMILES string of the molecule is COC(=O)c1cc2ccncc2c2ccccc12. The highest BCUT2D eigenvalue weighted by molar-refractivity contribution is 6.15. The summed E-state index contributed by atoms with van der Waals surface area (Å²) in [6.45, 7) is 0. The zero-order valence-electron chi connectivity index (χ0n) is 9.88. The van der Waals surface area contributed by atoms with Gasteiger partial charge in [-0.05, 0) is 28.3 Å². The zero-order chi connectivity index (χ0) is 12.5. The second-order valence-electron chi connectivity index (χ2n) is 4.06. The first-order valence-electron chi connectivity index (χ1n) is 5.65. The van der Waals surface area contributed by atoms with E-state index in [0.29, 0.717) is 5.56 Å². The first-order chi connectivity index (χ1) is 8.81. The Morgan fingerprint density at radius 2 is 1.89 bits per heavy atom. The molecule has 3 aromatic rings. The Balaban J connectivity index is 2.50. The fraction of sp³-hybridized carbons (Fsp3) is 0.0667. The van der Waals surface area contributed by atoms with Crippen LogP contribution < -0.4 is 0 Å². The summed E-state index contributed by atoms with van der Waals surface area (Å²) in [5.74, 6) is -0.315. The molecule has 0 radical (unpaired) electrons. The molecular formula is C15H11NO2. The van der Waals surface area contributed by atoms with Gasteiger partial charge in [-0.25, -0.2) is 4.79 Å². The molecule has 0 bridgehead atoms. The highest BCUT2D eigenvalue weighted by atomic mass is 16.5. The number of nitrogens with zero attached hydrogens (tertiary/aromatic N) is 1. The normalized spacial score (nSPS) is 10.7. The van der Waals surface area contributed by atoms with Crippen molar-refractivity contribution in [2.75, 3.05) is 7.11 Å². The standard InChI is InChI=1S/C15H11NO2/c1-18-15(17)13-8-10-6-7-16-9-14(10)12-5-3-2-4-11(12)13/h2-9H,1H3. The van der Waals surface area contributed by atoms with Crippen LogP contribution in [0.1, 0.15) is 10.4 Å². The first-order valence-corrected chi connectivity index (χ1v) is 5.65. The number of aromatic nitrogens is 1. The summed E-state index contributed by atoms with van der Waals surface area (Å²) in [6, 6.07) is 11.5. The summed E-state index contributed by atoms with van der Waals surface area (Å²) in [4.78, 5) is 16.0. The maximum Gasteiger partial charge on any atom is 0.338 e. The van der Waals surface area contributed by atoms with Gasteiger partial charge in [0.1, 0.15) is 0 Å². The predicted octanol–water partition coefficient (Wildman–Crippen LogP) is 3.17. The highest BCUT2D eigenvalue weighted by Crippen LogP contribution is 2.28. The van der Waals surface area contributed by atoms with Crippen LogP contribution in [0.5, 0.6) is 0 Å². The van der Waals surface area contributed by atoms with Crippen molar-refractivity contribution in [1.82, 2.24) is 4.98 Å². The number of carbonyl (C=O) groups excluding carboxylic acids is 1. The van der Waals surface area contributed by atoms with Crippen LogP contribution in [0.3, 0.4) is 0 Å². The van der Waals surface area contributed by atoms with Gasteiger partial charge in [0.2, 0.25) is 0 Å². The maximum absolute atomic E-state index is 11.8. The molecule has 0 fully saturated rings. The van der Waals surface area contributed by atoms with Crippen molar-refractivity contribution < 1.29 is 9.53 Å². The van der Waals surface area contributed by atoms with E-state index in [9.17, 15) is 4.79 Å². The van der Waals surface area contributed by atoms with Gasteiger partial charge < -0.3 is 4.74 Å². The van der Waals surface area contributed by atoms with Crippen LogP contribution in [0.25, 0.3) is 21.5 Å². The molecule has 0 saturated carbocycles. The van der Waals surface area contributed by atoms with E-state index in [4.69, 9.17) is 4.74 Å². The number of pyridine rings is 1. The van der Waals surface area contributed by atoms with E-state index in [0.717, 1.165) is 21.5 Å². The molecule has 0 saturated heterocycles. The average molecular weight is 237 g/mol. The minimum absolute atomic E-state index is 0.315. The number of rotatable bonds is 1. The number of fused-ring (bicyclic) bond motifs is 3. The van der Waals surface area contributed by atoms with Gasteiger partial charge in [0.15, 0.2) is 0 Å². The molecule has 2 aromatic carbocycles. The Bertz CT molecular complexity index is 750. The molecule has 0 spiro atoms. The van der Waals surface area contributed by atoms with E-state index in [1.54, 1.807) is 6.20 Å². The number of methoxy groups -OCH3 is 1. The molecule has 18 heavy (non-hydrogen) atoms. The molecule has 1 heterocycles. The zero-order valence-corrected chi connectivity index (χ0v) is 9.88. The monoisotopic (exact) mass is 237 g/mol. The number of hydrogen-bond donors (Lipinski definition) is 0. The molecular weight excluding hydrogens is 226 g/mol. The largest absolute Gasteiger partial charge is 0.465 e. The lowest BCUT2D eigenvalue weighted by atomic mass is 9.99. The third-order valence-corrected chi connectivity index (χ3v) is 3.07. The van der Waals surface area contributed by atoms with Crippen molar-refractivity contribution in [2.45, 2.75) is 0 Å². The van der Waals surface area contributed by atoms with Gasteiger partial charge in [-0.2, -0.15) is 0 Å². The molecule has 88 valence electrons. The van der Waals surface area contributed by atoms with Crippen molar-refractivity contribution >= 4 is 27.5 Å². The highest BCUT2D eigenvalue weighted by Gasteiger charge is 2.12. The van der Waals surface area contributed by atoms with Gasteiger partial charge in [0.05, 0.1) is 12.7 Å². The lowest BCUT2D eigenvalue weighted by Crippen LogP contribution is -2.02. The average Bonchev–Trinajstić information content (AvgIpc) is 2.45. The third-order valence-electron chi connectivity index (χ3n) is 3.07. The van der Waals surface area contributed by atoms with Crippen LogP contribution in [0.15, 0.2) is 48.8 Å². The van der Waals surface area contributed by atoms with Crippen LogP contribution in [0.4, 0.5) is 0 Å². The summed E-state index contributed by atoms with van der Waals surface area (Å²) >= 11 is 0. The Hall–Kier alpha value is -2.42. The van der Waals surface area contributed by atoms with Gasteiger partial charge in [-0.15, -0.1) is 0 Å². The minimum Gasteiger partial charge on any atom is -0.465 e. The van der Waals surface area contributed by atoms with Gasteiger partial charge in [-0.1, -0.05) is 24.3 Å². The molecule has 0 N–H and O–H groups in total. The van der Waals surface area contributed by atoms with Crippen LogP contribution >= 0.6 is 0 Å². The van der Waals surface area contributed by atoms with E-state index in [1.807, 2.05) is 42.6 Å². The number of esters is 1. The number of ether oxygens (including phenoxy) is 1. The van der Waals surface area contributed by atoms with E-state index in [1.165, 1.54) is 7.11 Å². The van der Waals surface area contributed by atoms with Crippen LogP contribution in [0, 0.1) is 0 Å². The van der Waals surface area contributed by atoms with Crippen molar-refractivity contribution in [3.8, 4) is 0 Å². The smallest absolute Gasteiger partial charge is 0.338 e. The molecule has 3 rings (SSSR count). The van der Waals surface area contributed by atoms with Crippen LogP contribution in [-0.4, -0.2) is 18.1 Å². The molecule has 0 aliphatic heterocycles. The summed E-state index contributed by atoms with van der Waals surface area (Å²) in [6.07, 6.45) is 3.54. The number of hydrogen-bond acceptors (Lipinski definition) is 3. The predicted molar refractivity (Wildman–Crippen MR) is 70.6 cm³/mol. The van der Waals surface area contributed by atoms with Gasteiger partial charge >= 0.3 is 5.97 Å². The quantitative estimate of drug-likeness (QED) is 0.482. The topological polar surface area (TPSA) is 39.2 Å². The van der Waals surface area contributed by atoms with Gasteiger partial charge in [0, 0.05) is 17.8 Å². The van der Waals surface area contributed by atoms with Gasteiger partial charge in [0.25, 0.3) is 0 Å². The first kappa shape index (κ1) is 10.7. The van der Waals surface area contributed by atoms with Crippen molar-refractivity contribution in [3.05, 3.63) is 54.4 Å². The summed E-state index contributed by atoms with van der Waals surface area (Å²) < 4.78 is 4.84. The van der Waals surface area contributed by atoms with E-state index in [-0.39, 0.29) is 5.97 Å². The number of benzene rings is 2. The summed E-state index contributed by atoms with van der Waals surface area (Å²) in [5, 5.41) is 3.94. The molecule has 0 unspecified atom stereocenters. The van der Waals surface area contributed by atoms with Gasteiger partial charge in [-0.3, -0.25) is 4.98 Å². The van der Waals surface area contributed by atoms with E-state index >= 15 is 0 Å². The summed E-state index contributed by atoms with van der Waals surface area (Å²) in [7, 11) is 1.40. The Kier molecular flexibility index (Phi) is 2.45. The summed E-state index contributed by atoms with van der Waals surface area (Å²) in [5.41, 5.74) is 0.590. The third kappa shape index (κ3) is 1.52. The molecule has 0 aliphatic rings. The maximum atomic E-state index is 11.8. The molecule has 3 nitrogen and oxygen atoms in total. The fourth-order valence-corrected chi connectivity index (χ4v) is 2.22. The van der Waals surface area contributed by atoms with Crippen LogP contribution in [-0.2, 0) is 4.74 Å². The Labute approximate surface area is 104 Å². The lowest BCUT2D eigenvalue weighted by molar-refractivity contribution is 0.0603. The van der Waals surface area contributed by atoms with Crippen LogP contribution in [0.2, 0.25) is 0 Å². The van der Waals surface area contributed by atoms with Crippen molar-refractivity contribution in [2.24, 2.45) is 0 Å². The number of carbonyl (C=O) groups is 1. The van der Waals surface area contributed by atoms with Crippen molar-refractivity contribution in [1.29, 1.82) is 0 Å². The minimum atomic E-state index is -0.315. The van der Waals surface area contributed by atoms with Crippen molar-refractivity contribution in [3.63, 3.8) is 0 Å². The Morgan fingerprint density at radius 3 is 2.67 bits per heavy atom. The molecule has 0 atom stereocenters. The fourth-order valence-electron chi connectivity index (χ4n) is 2.22. The lowest BCUT2D eigenvalue weighted by Gasteiger charge is -2.08. The Morgan fingerprint density at radius 1 is 1.11 bits per heavy atom. The second kappa shape index (κ2) is 4.11. The van der Waals surface area contributed by atoms with E-state index < -0.39 is 0 Å².